The molecule has 0 spiro atoms. The summed E-state index contributed by atoms with van der Waals surface area (Å²) in [4.78, 5) is 61.7. The van der Waals surface area contributed by atoms with Crippen LogP contribution in [0.5, 0.6) is 0 Å². The van der Waals surface area contributed by atoms with Crippen molar-refractivity contribution < 1.29 is 33.8 Å². The Kier molecular flexibility index (Phi) is 10.5. The van der Waals surface area contributed by atoms with Crippen LogP contribution in [0.25, 0.3) is 0 Å². The highest BCUT2D eigenvalue weighted by molar-refractivity contribution is 9.10. The van der Waals surface area contributed by atoms with Gasteiger partial charge in [0, 0.05) is 10.0 Å². The number of benzene rings is 1. The highest BCUT2D eigenvalue weighted by Gasteiger charge is 2.29. The van der Waals surface area contributed by atoms with Gasteiger partial charge in [-0.15, -0.1) is 0 Å². The van der Waals surface area contributed by atoms with Gasteiger partial charge in [0.05, 0.1) is 6.54 Å². The van der Waals surface area contributed by atoms with Gasteiger partial charge in [0.2, 0.25) is 11.8 Å². The number of aliphatic carboxylic acids is 1. The first-order chi connectivity index (χ1) is 15.2. The minimum atomic E-state index is -1.22. The van der Waals surface area contributed by atoms with E-state index in [0.29, 0.717) is 5.56 Å². The van der Waals surface area contributed by atoms with E-state index in [2.05, 4.69) is 26.6 Å². The molecule has 1 rings (SSSR count). The topological polar surface area (TPSA) is 142 Å². The third-order valence-corrected chi connectivity index (χ3v) is 4.71. The largest absolute Gasteiger partial charge is 0.480 e. The molecule has 10 nitrogen and oxygen atoms in total. The maximum atomic E-state index is 12.5. The van der Waals surface area contributed by atoms with Gasteiger partial charge in [-0.2, -0.15) is 0 Å². The van der Waals surface area contributed by atoms with Crippen molar-refractivity contribution in [3.8, 4) is 0 Å². The Bertz CT molecular complexity index is 879. The number of rotatable bonds is 10. The second-order valence-corrected chi connectivity index (χ2v) is 9.59. The van der Waals surface area contributed by atoms with Crippen molar-refractivity contribution in [3.05, 3.63) is 34.3 Å². The molecular formula is C22H30BrN3O7. The fourth-order valence-corrected chi connectivity index (χ4v) is 2.83. The molecular weight excluding hydrogens is 498 g/mol. The third kappa shape index (κ3) is 10.5. The summed E-state index contributed by atoms with van der Waals surface area (Å²) in [5.74, 6) is -3.39. The molecule has 0 bridgehead atoms. The minimum Gasteiger partial charge on any atom is -0.480 e. The predicted molar refractivity (Wildman–Crippen MR) is 124 cm³/mol. The molecule has 182 valence electrons. The van der Waals surface area contributed by atoms with Crippen LogP contribution in [-0.4, -0.2) is 70.9 Å². The van der Waals surface area contributed by atoms with Crippen molar-refractivity contribution in [1.29, 1.82) is 0 Å². The first-order valence-corrected chi connectivity index (χ1v) is 11.0. The second-order valence-electron chi connectivity index (χ2n) is 8.67. The maximum absolute atomic E-state index is 12.5. The lowest BCUT2D eigenvalue weighted by atomic mass is 10.0. The van der Waals surface area contributed by atoms with Crippen molar-refractivity contribution in [1.82, 2.24) is 15.5 Å². The normalized spacial score (nSPS) is 12.0. The van der Waals surface area contributed by atoms with E-state index in [1.54, 1.807) is 58.9 Å². The number of carboxylic acid groups (broad SMARTS) is 1. The van der Waals surface area contributed by atoms with E-state index in [9.17, 15) is 29.1 Å². The van der Waals surface area contributed by atoms with E-state index in [-0.39, 0.29) is 12.3 Å². The van der Waals surface area contributed by atoms with Gasteiger partial charge in [-0.3, -0.25) is 19.3 Å². The lowest BCUT2D eigenvalue weighted by Crippen LogP contribution is -2.51. The van der Waals surface area contributed by atoms with E-state index in [1.165, 1.54) is 0 Å². The maximum Gasteiger partial charge on any atom is 0.411 e. The number of carbonyl (C=O) groups excluding carboxylic acids is 4. The number of amides is 3. The number of nitrogens with one attached hydrogen (secondary N) is 2. The van der Waals surface area contributed by atoms with E-state index in [0.717, 1.165) is 9.37 Å². The quantitative estimate of drug-likeness (QED) is 0.396. The molecule has 0 radical (unpaired) electrons. The SMILES string of the molecule is CC(C)[C@H](NC(=O)CN(CC(=O)NCC(=O)c1ccc(Br)cc1)C(=O)OC(C)(C)C)C(=O)O. The molecule has 0 aromatic heterocycles. The number of ether oxygens (including phenoxy) is 1. The molecule has 11 heteroatoms. The highest BCUT2D eigenvalue weighted by atomic mass is 79.9. The molecule has 33 heavy (non-hydrogen) atoms. The molecule has 0 fully saturated rings. The van der Waals surface area contributed by atoms with Gasteiger partial charge >= 0.3 is 12.1 Å². The summed E-state index contributed by atoms with van der Waals surface area (Å²) >= 11 is 3.27. The Labute approximate surface area is 201 Å². The van der Waals surface area contributed by atoms with Gasteiger partial charge in [-0.05, 0) is 38.8 Å². The summed E-state index contributed by atoms with van der Waals surface area (Å²) < 4.78 is 6.05. The summed E-state index contributed by atoms with van der Waals surface area (Å²) in [6, 6.07) is 5.43. The first-order valence-electron chi connectivity index (χ1n) is 10.2. The smallest absolute Gasteiger partial charge is 0.411 e. The minimum absolute atomic E-state index is 0.302. The summed E-state index contributed by atoms with van der Waals surface area (Å²) in [5.41, 5.74) is -0.489. The molecule has 0 heterocycles. The molecule has 0 aliphatic rings. The van der Waals surface area contributed by atoms with Crippen molar-refractivity contribution in [2.45, 2.75) is 46.3 Å². The fourth-order valence-electron chi connectivity index (χ4n) is 2.56. The number of carboxylic acids is 1. The van der Waals surface area contributed by atoms with Crippen molar-refractivity contribution in [2.24, 2.45) is 5.92 Å². The highest BCUT2D eigenvalue weighted by Crippen LogP contribution is 2.12. The molecule has 0 aliphatic carbocycles. The number of hydrogen-bond donors (Lipinski definition) is 3. The van der Waals surface area contributed by atoms with Crippen LogP contribution in [0.4, 0.5) is 4.79 Å². The van der Waals surface area contributed by atoms with Crippen molar-refractivity contribution in [2.75, 3.05) is 19.6 Å². The van der Waals surface area contributed by atoms with E-state index in [4.69, 9.17) is 4.74 Å². The summed E-state index contributed by atoms with van der Waals surface area (Å²) in [7, 11) is 0. The van der Waals surface area contributed by atoms with Crippen LogP contribution in [0.1, 0.15) is 45.0 Å². The number of hydrogen-bond acceptors (Lipinski definition) is 6. The van der Waals surface area contributed by atoms with E-state index in [1.807, 2.05) is 0 Å². The van der Waals surface area contributed by atoms with Crippen LogP contribution >= 0.6 is 15.9 Å². The van der Waals surface area contributed by atoms with Crippen LogP contribution in [0, 0.1) is 5.92 Å². The van der Waals surface area contributed by atoms with E-state index >= 15 is 0 Å². The third-order valence-electron chi connectivity index (χ3n) is 4.18. The average molecular weight is 528 g/mol. The van der Waals surface area contributed by atoms with Crippen molar-refractivity contribution >= 4 is 45.6 Å². The zero-order chi connectivity index (χ0) is 25.3. The number of halogens is 1. The van der Waals surface area contributed by atoms with Gasteiger partial charge in [-0.1, -0.05) is 41.9 Å². The molecule has 0 saturated heterocycles. The number of Topliss-reactive ketones (excluding diaryl/α,β-unsaturated/α-hetero) is 1. The molecule has 3 amide bonds. The van der Waals surface area contributed by atoms with Crippen LogP contribution in [0.15, 0.2) is 28.7 Å². The Morgan fingerprint density at radius 2 is 1.58 bits per heavy atom. The monoisotopic (exact) mass is 527 g/mol. The standard InChI is InChI=1S/C22H30BrN3O7/c1-13(2)19(20(30)31)25-18(29)12-26(21(32)33-22(3,4)5)11-17(28)24-10-16(27)14-6-8-15(23)9-7-14/h6-9,13,19H,10-12H2,1-5H3,(H,24,28)(H,25,29)(H,30,31)/t19-/m0/s1. The Hall–Kier alpha value is -2.95. The van der Waals surface area contributed by atoms with Gasteiger partial charge in [0.25, 0.3) is 0 Å². The Morgan fingerprint density at radius 1 is 1.03 bits per heavy atom. The molecule has 0 saturated carbocycles. The summed E-state index contributed by atoms with van der Waals surface area (Å²) in [6.45, 7) is 6.66. The van der Waals surface area contributed by atoms with Crippen LogP contribution < -0.4 is 10.6 Å². The lowest BCUT2D eigenvalue weighted by molar-refractivity contribution is -0.143. The Balaban J connectivity index is 2.82. The first kappa shape index (κ1) is 28.1. The van der Waals surface area contributed by atoms with Gasteiger partial charge in [-0.25, -0.2) is 9.59 Å². The van der Waals surface area contributed by atoms with Gasteiger partial charge in [0.15, 0.2) is 5.78 Å². The summed E-state index contributed by atoms with van der Waals surface area (Å²) in [6.07, 6.45) is -0.927. The zero-order valence-electron chi connectivity index (χ0n) is 19.3. The van der Waals surface area contributed by atoms with Gasteiger partial charge in [0.1, 0.15) is 24.7 Å². The van der Waals surface area contributed by atoms with Crippen LogP contribution in [-0.2, 0) is 19.1 Å². The predicted octanol–water partition coefficient (Wildman–Crippen LogP) is 2.21. The average Bonchev–Trinajstić information content (AvgIpc) is 2.68. The Morgan fingerprint density at radius 3 is 2.06 bits per heavy atom. The lowest BCUT2D eigenvalue weighted by Gasteiger charge is -2.27. The molecule has 3 N–H and O–H groups in total. The zero-order valence-corrected chi connectivity index (χ0v) is 20.9. The number of carbonyl (C=O) groups is 5. The van der Waals surface area contributed by atoms with E-state index < -0.39 is 54.5 Å². The fraction of sp³-hybridized carbons (Fsp3) is 0.500. The molecule has 0 unspecified atom stereocenters. The van der Waals surface area contributed by atoms with Crippen molar-refractivity contribution in [3.63, 3.8) is 0 Å². The summed E-state index contributed by atoms with van der Waals surface area (Å²) in [5, 5.41) is 14.0. The molecule has 0 aliphatic heterocycles. The molecule has 1 atom stereocenters. The van der Waals surface area contributed by atoms with Crippen LogP contribution in [0.2, 0.25) is 0 Å². The molecule has 1 aromatic carbocycles. The second kappa shape index (κ2) is 12.3. The van der Waals surface area contributed by atoms with Crippen LogP contribution in [0.3, 0.4) is 0 Å². The van der Waals surface area contributed by atoms with Gasteiger partial charge < -0.3 is 20.5 Å². The molecule has 1 aromatic rings. The number of nitrogens with zero attached hydrogens (tertiary/aromatic N) is 1. The number of ketones is 1.